The fourth-order valence-corrected chi connectivity index (χ4v) is 4.32. The van der Waals surface area contributed by atoms with E-state index in [1.165, 1.54) is 35.4 Å². The van der Waals surface area contributed by atoms with Crippen LogP contribution < -0.4 is 20.3 Å². The Morgan fingerprint density at radius 1 is 1.00 bits per heavy atom. The smallest absolute Gasteiger partial charge is 0.331 e. The molecule has 0 aliphatic carbocycles. The fourth-order valence-electron chi connectivity index (χ4n) is 4.32. The number of imide groups is 1. The number of benzene rings is 2. The van der Waals surface area contributed by atoms with E-state index in [2.05, 4.69) is 25.6 Å². The Balaban J connectivity index is 1.29. The highest BCUT2D eigenvalue weighted by Gasteiger charge is 2.44. The van der Waals surface area contributed by atoms with Gasteiger partial charge in [0, 0.05) is 49.0 Å². The number of hydrogen-bond donors (Lipinski definition) is 2. The van der Waals surface area contributed by atoms with Crippen molar-refractivity contribution in [3.05, 3.63) is 90.4 Å². The molecular formula is C30H27F2N7O4. The van der Waals surface area contributed by atoms with Gasteiger partial charge < -0.3 is 20.3 Å². The molecule has 2 aromatic heterocycles. The summed E-state index contributed by atoms with van der Waals surface area (Å²) in [6, 6.07) is 10.8. The molecule has 1 fully saturated rings. The van der Waals surface area contributed by atoms with Crippen molar-refractivity contribution in [2.75, 3.05) is 22.1 Å². The molecule has 43 heavy (non-hydrogen) atoms. The lowest BCUT2D eigenvalue weighted by Gasteiger charge is -2.39. The molecule has 0 spiro atoms. The van der Waals surface area contributed by atoms with Crippen molar-refractivity contribution in [1.29, 1.82) is 0 Å². The molecule has 13 heteroatoms. The van der Waals surface area contributed by atoms with Crippen molar-refractivity contribution in [3.8, 4) is 11.5 Å². The summed E-state index contributed by atoms with van der Waals surface area (Å²) in [5.41, 5.74) is 1.11. The zero-order valence-corrected chi connectivity index (χ0v) is 23.4. The zero-order chi connectivity index (χ0) is 30.7. The molecule has 0 radical (unpaired) electrons. The first-order chi connectivity index (χ1) is 20.6. The third kappa shape index (κ3) is 6.56. The van der Waals surface area contributed by atoms with Crippen LogP contribution in [0, 0.1) is 24.5 Å². The number of amides is 4. The molecule has 1 atom stereocenters. The second-order valence-electron chi connectivity index (χ2n) is 10.1. The molecule has 1 aliphatic rings. The molecule has 5 rings (SSSR count). The first-order valence-corrected chi connectivity index (χ1v) is 13.3. The summed E-state index contributed by atoms with van der Waals surface area (Å²) < 4.78 is 34.2. The highest BCUT2D eigenvalue weighted by Crippen LogP contribution is 2.30. The van der Waals surface area contributed by atoms with E-state index in [1.807, 2.05) is 6.92 Å². The summed E-state index contributed by atoms with van der Waals surface area (Å²) in [5, 5.41) is 5.50. The average Bonchev–Trinajstić information content (AvgIpc) is 2.97. The number of nitrogens with zero attached hydrogens (tertiary/aromatic N) is 5. The monoisotopic (exact) mass is 587 g/mol. The minimum Gasteiger partial charge on any atom is -0.454 e. The number of anilines is 4. The summed E-state index contributed by atoms with van der Waals surface area (Å²) in [4.78, 5) is 54.4. The molecule has 2 N–H and O–H groups in total. The van der Waals surface area contributed by atoms with E-state index in [9.17, 15) is 18.8 Å². The minimum atomic E-state index is -1.29. The Labute approximate surface area is 245 Å². The quantitative estimate of drug-likeness (QED) is 0.261. The standard InChI is InChI=1S/C30H27F2N7O4/c1-17(2)38-16-23(28(41)39(30(38)42)21-7-4-19(31)5-8-21)27(40)36-20-6-9-25(24(32)12-20)43-22-10-11-33-26(13-22)37-29-34-14-18(3)15-35-29/h4-15,17,23H,16H2,1-3H3,(H,36,40)(H,33,34,35,37). The lowest BCUT2D eigenvalue weighted by atomic mass is 10.0. The number of rotatable bonds is 8. The number of aromatic nitrogens is 3. The van der Waals surface area contributed by atoms with Crippen LogP contribution in [0.1, 0.15) is 19.4 Å². The zero-order valence-electron chi connectivity index (χ0n) is 23.4. The molecule has 3 heterocycles. The van der Waals surface area contributed by atoms with Crippen LogP contribution in [0.5, 0.6) is 11.5 Å². The van der Waals surface area contributed by atoms with Gasteiger partial charge >= 0.3 is 6.03 Å². The van der Waals surface area contributed by atoms with Gasteiger partial charge in [0.1, 0.15) is 23.3 Å². The first kappa shape index (κ1) is 29.0. The van der Waals surface area contributed by atoms with Gasteiger partial charge in [-0.2, -0.15) is 0 Å². The summed E-state index contributed by atoms with van der Waals surface area (Å²) in [6.07, 6.45) is 4.77. The maximum atomic E-state index is 15.0. The maximum absolute atomic E-state index is 15.0. The second kappa shape index (κ2) is 12.2. The highest BCUT2D eigenvalue weighted by molar-refractivity contribution is 6.23. The first-order valence-electron chi connectivity index (χ1n) is 13.3. The number of carbonyl (C=O) groups excluding carboxylic acids is 3. The molecule has 1 unspecified atom stereocenters. The molecule has 1 saturated heterocycles. The minimum absolute atomic E-state index is 0.0811. The van der Waals surface area contributed by atoms with Crippen molar-refractivity contribution in [3.63, 3.8) is 0 Å². The molecule has 1 aliphatic heterocycles. The number of ether oxygens (including phenoxy) is 1. The summed E-state index contributed by atoms with van der Waals surface area (Å²) in [5.74, 6) is -3.22. The fraction of sp³-hybridized carbons (Fsp3) is 0.200. The van der Waals surface area contributed by atoms with Gasteiger partial charge in [0.25, 0.3) is 0 Å². The van der Waals surface area contributed by atoms with Gasteiger partial charge in [-0.25, -0.2) is 33.4 Å². The average molecular weight is 588 g/mol. The van der Waals surface area contributed by atoms with Crippen LogP contribution >= 0.6 is 0 Å². The SMILES string of the molecule is Cc1cnc(Nc2cc(Oc3ccc(NC(=O)C4CN(C(C)C)C(=O)N(c5ccc(F)cc5)C4=O)cc3F)ccn2)nc1. The molecule has 2 aromatic carbocycles. The Morgan fingerprint density at radius 2 is 1.72 bits per heavy atom. The van der Waals surface area contributed by atoms with Gasteiger partial charge in [-0.3, -0.25) is 9.59 Å². The number of carbonyl (C=O) groups is 3. The van der Waals surface area contributed by atoms with Crippen molar-refractivity contribution >= 4 is 41.0 Å². The van der Waals surface area contributed by atoms with E-state index in [0.717, 1.165) is 28.7 Å². The summed E-state index contributed by atoms with van der Waals surface area (Å²) in [7, 11) is 0. The van der Waals surface area contributed by atoms with E-state index >= 15 is 4.39 Å². The van der Waals surface area contributed by atoms with Crippen LogP contribution in [0.2, 0.25) is 0 Å². The Bertz CT molecular complexity index is 1670. The van der Waals surface area contributed by atoms with Crippen molar-refractivity contribution in [2.24, 2.45) is 5.92 Å². The maximum Gasteiger partial charge on any atom is 0.331 e. The summed E-state index contributed by atoms with van der Waals surface area (Å²) in [6.45, 7) is 5.19. The van der Waals surface area contributed by atoms with Gasteiger partial charge in [-0.05, 0) is 68.8 Å². The van der Waals surface area contributed by atoms with E-state index < -0.39 is 35.4 Å². The Morgan fingerprint density at radius 3 is 2.40 bits per heavy atom. The number of hydrogen-bond acceptors (Lipinski definition) is 8. The van der Waals surface area contributed by atoms with Gasteiger partial charge in [-0.1, -0.05) is 0 Å². The van der Waals surface area contributed by atoms with Crippen molar-refractivity contribution in [1.82, 2.24) is 19.9 Å². The molecular weight excluding hydrogens is 560 g/mol. The van der Waals surface area contributed by atoms with E-state index in [0.29, 0.717) is 11.8 Å². The largest absolute Gasteiger partial charge is 0.454 e. The number of pyridine rings is 1. The van der Waals surface area contributed by atoms with Crippen LogP contribution in [0.4, 0.5) is 36.7 Å². The lowest BCUT2D eigenvalue weighted by Crippen LogP contribution is -2.61. The van der Waals surface area contributed by atoms with Crippen LogP contribution in [-0.4, -0.2) is 50.3 Å². The van der Waals surface area contributed by atoms with E-state index in [-0.39, 0.29) is 35.5 Å². The molecule has 4 amide bonds. The number of halogens is 2. The third-order valence-electron chi connectivity index (χ3n) is 6.54. The number of nitrogens with one attached hydrogen (secondary N) is 2. The highest BCUT2D eigenvalue weighted by atomic mass is 19.1. The van der Waals surface area contributed by atoms with Gasteiger partial charge in [-0.15, -0.1) is 0 Å². The van der Waals surface area contributed by atoms with Gasteiger partial charge in [0.2, 0.25) is 17.8 Å². The van der Waals surface area contributed by atoms with Crippen LogP contribution in [0.25, 0.3) is 0 Å². The van der Waals surface area contributed by atoms with E-state index in [4.69, 9.17) is 4.74 Å². The molecule has 0 bridgehead atoms. The van der Waals surface area contributed by atoms with Crippen LogP contribution in [-0.2, 0) is 9.59 Å². The topological polar surface area (TPSA) is 130 Å². The number of urea groups is 1. The molecule has 4 aromatic rings. The van der Waals surface area contributed by atoms with Crippen LogP contribution in [0.15, 0.2) is 73.2 Å². The van der Waals surface area contributed by atoms with Crippen molar-refractivity contribution < 1.29 is 27.9 Å². The lowest BCUT2D eigenvalue weighted by molar-refractivity contribution is -0.132. The molecule has 11 nitrogen and oxygen atoms in total. The van der Waals surface area contributed by atoms with Gasteiger partial charge in [0.15, 0.2) is 11.6 Å². The number of aryl methyl sites for hydroxylation is 1. The van der Waals surface area contributed by atoms with Gasteiger partial charge in [0.05, 0.1) is 5.69 Å². The Kier molecular flexibility index (Phi) is 8.23. The normalized spacial score (nSPS) is 15.1. The molecule has 0 saturated carbocycles. The predicted molar refractivity (Wildman–Crippen MR) is 154 cm³/mol. The second-order valence-corrected chi connectivity index (χ2v) is 10.1. The van der Waals surface area contributed by atoms with E-state index in [1.54, 1.807) is 38.4 Å². The van der Waals surface area contributed by atoms with Crippen LogP contribution in [0.3, 0.4) is 0 Å². The Hall–Kier alpha value is -5.46. The molecule has 220 valence electrons. The van der Waals surface area contributed by atoms with Crippen molar-refractivity contribution in [2.45, 2.75) is 26.8 Å². The third-order valence-corrected chi connectivity index (χ3v) is 6.54. The predicted octanol–water partition coefficient (Wildman–Crippen LogP) is 5.43. The summed E-state index contributed by atoms with van der Waals surface area (Å²) >= 11 is 0.